The molecule has 0 aliphatic rings. The van der Waals surface area contributed by atoms with Crippen molar-refractivity contribution in [2.24, 2.45) is 5.41 Å². The highest BCUT2D eigenvalue weighted by Crippen LogP contribution is 2.33. The van der Waals surface area contributed by atoms with Crippen molar-refractivity contribution in [1.82, 2.24) is 15.1 Å². The van der Waals surface area contributed by atoms with Gasteiger partial charge in [0.25, 0.3) is 0 Å². The number of hydrogen-bond acceptors (Lipinski definition) is 2. The van der Waals surface area contributed by atoms with Gasteiger partial charge in [-0.2, -0.15) is 5.10 Å². The molecule has 0 aliphatic carbocycles. The fourth-order valence-corrected chi connectivity index (χ4v) is 2.38. The van der Waals surface area contributed by atoms with E-state index in [0.29, 0.717) is 0 Å². The van der Waals surface area contributed by atoms with Gasteiger partial charge in [0.2, 0.25) is 0 Å². The normalized spacial score (nSPS) is 13.5. The number of hydrogen-bond donors (Lipinski definition) is 1. The van der Waals surface area contributed by atoms with Crippen LogP contribution in [0.2, 0.25) is 0 Å². The molecule has 3 nitrogen and oxygen atoms in total. The highest BCUT2D eigenvalue weighted by Gasteiger charge is 2.28. The van der Waals surface area contributed by atoms with Crippen molar-refractivity contribution in [3.05, 3.63) is 48.3 Å². The van der Waals surface area contributed by atoms with Crippen molar-refractivity contribution in [2.75, 3.05) is 6.54 Å². The van der Waals surface area contributed by atoms with Crippen LogP contribution in [0.5, 0.6) is 0 Å². The third-order valence-electron chi connectivity index (χ3n) is 3.24. The van der Waals surface area contributed by atoms with Crippen molar-refractivity contribution in [3.63, 3.8) is 0 Å². The number of aromatic nitrogens is 2. The van der Waals surface area contributed by atoms with Crippen molar-refractivity contribution < 1.29 is 0 Å². The second kappa shape index (κ2) is 5.57. The number of rotatable bonds is 4. The van der Waals surface area contributed by atoms with E-state index < -0.39 is 0 Å². The summed E-state index contributed by atoms with van der Waals surface area (Å²) in [4.78, 5) is 0. The van der Waals surface area contributed by atoms with Gasteiger partial charge in [-0.3, -0.25) is 0 Å². The first-order valence-corrected chi connectivity index (χ1v) is 6.86. The summed E-state index contributed by atoms with van der Waals surface area (Å²) in [6.07, 6.45) is 1.87. The first-order chi connectivity index (χ1) is 9.04. The molecule has 0 saturated heterocycles. The highest BCUT2D eigenvalue weighted by molar-refractivity contribution is 5.33. The maximum atomic E-state index is 4.48. The van der Waals surface area contributed by atoms with E-state index in [-0.39, 0.29) is 11.5 Å². The number of nitrogens with one attached hydrogen (secondary N) is 1. The Bertz CT molecular complexity index is 508. The lowest BCUT2D eigenvalue weighted by atomic mass is 9.84. The van der Waals surface area contributed by atoms with Crippen LogP contribution in [0.25, 0.3) is 5.69 Å². The van der Waals surface area contributed by atoms with Crippen LogP contribution >= 0.6 is 0 Å². The first-order valence-electron chi connectivity index (χ1n) is 6.86. The molecule has 1 heterocycles. The second-order valence-corrected chi connectivity index (χ2v) is 5.86. The van der Waals surface area contributed by atoms with Gasteiger partial charge in [-0.15, -0.1) is 0 Å². The van der Waals surface area contributed by atoms with Crippen LogP contribution in [0, 0.1) is 5.41 Å². The van der Waals surface area contributed by atoms with E-state index in [0.717, 1.165) is 12.2 Å². The van der Waals surface area contributed by atoms with Crippen LogP contribution in [0.15, 0.2) is 42.6 Å². The van der Waals surface area contributed by atoms with Crippen LogP contribution in [0.3, 0.4) is 0 Å². The molecule has 0 bridgehead atoms. The molecule has 0 aliphatic heterocycles. The van der Waals surface area contributed by atoms with Crippen LogP contribution in [-0.4, -0.2) is 16.3 Å². The van der Waals surface area contributed by atoms with E-state index in [1.807, 2.05) is 29.1 Å². The predicted octanol–water partition coefficient (Wildman–Crippen LogP) is 3.57. The minimum absolute atomic E-state index is 0.141. The lowest BCUT2D eigenvalue weighted by molar-refractivity contribution is 0.267. The third-order valence-corrected chi connectivity index (χ3v) is 3.24. The van der Waals surface area contributed by atoms with Crippen molar-refractivity contribution in [2.45, 2.75) is 33.7 Å². The van der Waals surface area contributed by atoms with E-state index in [2.05, 4.69) is 56.3 Å². The molecular formula is C16H23N3. The molecule has 19 heavy (non-hydrogen) atoms. The Labute approximate surface area is 115 Å². The Hall–Kier alpha value is -1.61. The quantitative estimate of drug-likeness (QED) is 0.907. The van der Waals surface area contributed by atoms with Crippen LogP contribution in [0.1, 0.15) is 39.4 Å². The van der Waals surface area contributed by atoms with Gasteiger partial charge in [-0.1, -0.05) is 45.9 Å². The van der Waals surface area contributed by atoms with Crippen molar-refractivity contribution >= 4 is 0 Å². The largest absolute Gasteiger partial charge is 0.308 e. The average Bonchev–Trinajstić information content (AvgIpc) is 2.84. The zero-order valence-corrected chi connectivity index (χ0v) is 12.2. The summed E-state index contributed by atoms with van der Waals surface area (Å²) in [5, 5.41) is 8.05. The van der Waals surface area contributed by atoms with E-state index >= 15 is 0 Å². The minimum atomic E-state index is 0.141. The lowest BCUT2D eigenvalue weighted by Crippen LogP contribution is -2.33. The SMILES string of the molecule is CCNC(c1ccnn1-c1ccccc1)C(C)(C)C. The molecule has 1 unspecified atom stereocenters. The summed E-state index contributed by atoms with van der Waals surface area (Å²) in [5.41, 5.74) is 2.46. The summed E-state index contributed by atoms with van der Waals surface area (Å²) in [5.74, 6) is 0. The van der Waals surface area contributed by atoms with E-state index in [9.17, 15) is 0 Å². The smallest absolute Gasteiger partial charge is 0.0649 e. The topological polar surface area (TPSA) is 29.9 Å². The molecule has 0 fully saturated rings. The zero-order chi connectivity index (χ0) is 13.9. The van der Waals surface area contributed by atoms with E-state index in [1.165, 1.54) is 5.69 Å². The summed E-state index contributed by atoms with van der Waals surface area (Å²) >= 11 is 0. The molecule has 1 atom stereocenters. The van der Waals surface area contributed by atoms with Gasteiger partial charge < -0.3 is 5.32 Å². The second-order valence-electron chi connectivity index (χ2n) is 5.86. The van der Waals surface area contributed by atoms with E-state index in [1.54, 1.807) is 0 Å². The maximum absolute atomic E-state index is 4.48. The fraction of sp³-hybridized carbons (Fsp3) is 0.438. The minimum Gasteiger partial charge on any atom is -0.308 e. The maximum Gasteiger partial charge on any atom is 0.0649 e. The van der Waals surface area contributed by atoms with Crippen LogP contribution < -0.4 is 5.32 Å². The Morgan fingerprint density at radius 3 is 2.42 bits per heavy atom. The van der Waals surface area contributed by atoms with Crippen molar-refractivity contribution in [3.8, 4) is 5.69 Å². The summed E-state index contributed by atoms with van der Waals surface area (Å²) in [6.45, 7) is 9.85. The molecule has 1 N–H and O–H groups in total. The van der Waals surface area contributed by atoms with Gasteiger partial charge in [-0.05, 0) is 30.2 Å². The predicted molar refractivity (Wildman–Crippen MR) is 79.4 cm³/mol. The van der Waals surface area contributed by atoms with Gasteiger partial charge in [0.1, 0.15) is 0 Å². The van der Waals surface area contributed by atoms with Gasteiger partial charge in [0, 0.05) is 6.20 Å². The monoisotopic (exact) mass is 257 g/mol. The number of benzene rings is 1. The zero-order valence-electron chi connectivity index (χ0n) is 12.2. The molecule has 1 aromatic carbocycles. The Kier molecular flexibility index (Phi) is 4.05. The van der Waals surface area contributed by atoms with E-state index in [4.69, 9.17) is 0 Å². The van der Waals surface area contributed by atoms with Crippen LogP contribution in [0.4, 0.5) is 0 Å². The van der Waals surface area contributed by atoms with Gasteiger partial charge in [0.15, 0.2) is 0 Å². The summed E-state index contributed by atoms with van der Waals surface area (Å²) in [7, 11) is 0. The third kappa shape index (κ3) is 3.04. The molecule has 0 radical (unpaired) electrons. The molecular weight excluding hydrogens is 234 g/mol. The standard InChI is InChI=1S/C16H23N3/c1-5-17-15(16(2,3)4)14-11-12-18-19(14)13-9-7-6-8-10-13/h6-12,15,17H,5H2,1-4H3. The molecule has 2 aromatic rings. The van der Waals surface area contributed by atoms with Gasteiger partial charge in [0.05, 0.1) is 17.4 Å². The Morgan fingerprint density at radius 1 is 1.16 bits per heavy atom. The number of para-hydroxylation sites is 1. The molecule has 102 valence electrons. The molecule has 0 spiro atoms. The number of nitrogens with zero attached hydrogens (tertiary/aromatic N) is 2. The van der Waals surface area contributed by atoms with Gasteiger partial charge >= 0.3 is 0 Å². The average molecular weight is 257 g/mol. The Morgan fingerprint density at radius 2 is 1.84 bits per heavy atom. The fourth-order valence-electron chi connectivity index (χ4n) is 2.38. The lowest BCUT2D eigenvalue weighted by Gasteiger charge is -2.31. The highest BCUT2D eigenvalue weighted by atomic mass is 15.3. The summed E-state index contributed by atoms with van der Waals surface area (Å²) in [6, 6.07) is 12.7. The molecule has 0 saturated carbocycles. The molecule has 2 rings (SSSR count). The molecule has 1 aromatic heterocycles. The first kappa shape index (κ1) is 13.8. The van der Waals surface area contributed by atoms with Crippen LogP contribution in [-0.2, 0) is 0 Å². The molecule has 3 heteroatoms. The van der Waals surface area contributed by atoms with Gasteiger partial charge in [-0.25, -0.2) is 4.68 Å². The van der Waals surface area contributed by atoms with Crippen molar-refractivity contribution in [1.29, 1.82) is 0 Å². The molecule has 0 amide bonds. The summed E-state index contributed by atoms with van der Waals surface area (Å²) < 4.78 is 2.03. The Balaban J connectivity index is 2.43.